The van der Waals surface area contributed by atoms with E-state index in [0.29, 0.717) is 17.7 Å². The Balaban J connectivity index is 1.87. The van der Waals surface area contributed by atoms with E-state index in [2.05, 4.69) is 9.46 Å². The Morgan fingerprint density at radius 2 is 1.74 bits per heavy atom. The molecule has 9 heteroatoms. The van der Waals surface area contributed by atoms with Crippen LogP contribution < -0.4 is 15.2 Å². The highest BCUT2D eigenvalue weighted by molar-refractivity contribution is 7.89. The van der Waals surface area contributed by atoms with Crippen molar-refractivity contribution in [3.05, 3.63) is 59.7 Å². The number of nitrogen functional groups attached to an aromatic ring is 1. The molecule has 0 bridgehead atoms. The van der Waals surface area contributed by atoms with Gasteiger partial charge in [-0.2, -0.15) is 0 Å². The van der Waals surface area contributed by atoms with Crippen LogP contribution in [0.5, 0.6) is 5.75 Å². The molecule has 0 aliphatic rings. The van der Waals surface area contributed by atoms with Crippen molar-refractivity contribution in [2.75, 3.05) is 20.3 Å². The van der Waals surface area contributed by atoms with Gasteiger partial charge in [-0.15, -0.1) is 0 Å². The SMILES string of the molecule is COC(=O)COc1ccc(CCNS(=O)(=O)c2ccc(C(=N)N)cc2)cc1. The fourth-order valence-corrected chi connectivity index (χ4v) is 3.21. The van der Waals surface area contributed by atoms with Crippen molar-refractivity contribution in [3.8, 4) is 5.75 Å². The smallest absolute Gasteiger partial charge is 0.343 e. The maximum Gasteiger partial charge on any atom is 0.343 e. The van der Waals surface area contributed by atoms with Crippen LogP contribution in [0.25, 0.3) is 0 Å². The number of sulfonamides is 1. The number of hydrogen-bond acceptors (Lipinski definition) is 6. The fraction of sp³-hybridized carbons (Fsp3) is 0.222. The summed E-state index contributed by atoms with van der Waals surface area (Å²) in [6, 6.07) is 12.8. The zero-order chi connectivity index (χ0) is 19.9. The number of nitrogens with two attached hydrogens (primary N) is 1. The van der Waals surface area contributed by atoms with Gasteiger partial charge in [0.2, 0.25) is 10.0 Å². The number of hydrogen-bond donors (Lipinski definition) is 3. The Morgan fingerprint density at radius 3 is 2.30 bits per heavy atom. The molecule has 0 unspecified atom stereocenters. The molecule has 0 spiro atoms. The van der Waals surface area contributed by atoms with E-state index in [1.165, 1.54) is 31.4 Å². The molecule has 0 saturated heterocycles. The zero-order valence-corrected chi connectivity index (χ0v) is 15.6. The van der Waals surface area contributed by atoms with Crippen molar-refractivity contribution in [2.45, 2.75) is 11.3 Å². The number of esters is 1. The minimum absolute atomic E-state index is 0.110. The lowest BCUT2D eigenvalue weighted by Crippen LogP contribution is -2.26. The molecule has 2 rings (SSSR count). The third-order valence-electron chi connectivity index (χ3n) is 3.69. The monoisotopic (exact) mass is 391 g/mol. The van der Waals surface area contributed by atoms with Gasteiger partial charge in [-0.3, -0.25) is 5.41 Å². The summed E-state index contributed by atoms with van der Waals surface area (Å²) >= 11 is 0. The van der Waals surface area contributed by atoms with Gasteiger partial charge in [0.1, 0.15) is 11.6 Å². The first-order valence-electron chi connectivity index (χ1n) is 8.04. The number of methoxy groups -OCH3 is 1. The van der Waals surface area contributed by atoms with Crippen molar-refractivity contribution >= 4 is 21.8 Å². The Morgan fingerprint density at radius 1 is 1.11 bits per heavy atom. The molecule has 2 aromatic rings. The van der Waals surface area contributed by atoms with E-state index in [0.717, 1.165) is 5.56 Å². The van der Waals surface area contributed by atoms with Gasteiger partial charge >= 0.3 is 5.97 Å². The Hall–Kier alpha value is -2.91. The molecule has 0 aromatic heterocycles. The van der Waals surface area contributed by atoms with Crippen LogP contribution in [0.4, 0.5) is 0 Å². The Kier molecular flexibility index (Phi) is 6.91. The Bertz CT molecular complexity index is 894. The van der Waals surface area contributed by atoms with Gasteiger partial charge < -0.3 is 15.2 Å². The molecule has 144 valence electrons. The molecule has 0 amide bonds. The van der Waals surface area contributed by atoms with Crippen molar-refractivity contribution in [2.24, 2.45) is 5.73 Å². The molecular formula is C18H21N3O5S. The predicted molar refractivity (Wildman–Crippen MR) is 100 cm³/mol. The van der Waals surface area contributed by atoms with Crippen molar-refractivity contribution in [1.82, 2.24) is 4.72 Å². The highest BCUT2D eigenvalue weighted by Crippen LogP contribution is 2.13. The fourth-order valence-electron chi connectivity index (χ4n) is 2.18. The van der Waals surface area contributed by atoms with Crippen LogP contribution in [-0.2, 0) is 26.0 Å². The molecule has 8 nitrogen and oxygen atoms in total. The minimum atomic E-state index is -3.64. The molecule has 2 aromatic carbocycles. The summed E-state index contributed by atoms with van der Waals surface area (Å²) < 4.78 is 36.8. The van der Waals surface area contributed by atoms with Crippen molar-refractivity contribution in [1.29, 1.82) is 5.41 Å². The largest absolute Gasteiger partial charge is 0.482 e. The number of ether oxygens (including phenoxy) is 2. The number of benzene rings is 2. The van der Waals surface area contributed by atoms with Gasteiger partial charge in [0.15, 0.2) is 6.61 Å². The standard InChI is InChI=1S/C18H21N3O5S/c1-25-17(22)12-26-15-6-2-13(3-7-15)10-11-21-27(23,24)16-8-4-14(5-9-16)18(19)20/h2-9,21H,10-12H2,1H3,(H3,19,20). The lowest BCUT2D eigenvalue weighted by Gasteiger charge is -2.09. The number of carbonyl (C=O) groups is 1. The molecular weight excluding hydrogens is 370 g/mol. The van der Waals surface area contributed by atoms with Gasteiger partial charge in [0, 0.05) is 12.1 Å². The van der Waals surface area contributed by atoms with E-state index < -0.39 is 16.0 Å². The van der Waals surface area contributed by atoms with Gasteiger partial charge in [0.05, 0.1) is 12.0 Å². The zero-order valence-electron chi connectivity index (χ0n) is 14.8. The normalized spacial score (nSPS) is 11.0. The van der Waals surface area contributed by atoms with E-state index >= 15 is 0 Å². The van der Waals surface area contributed by atoms with Gasteiger partial charge in [-0.05, 0) is 48.4 Å². The van der Waals surface area contributed by atoms with Crippen LogP contribution in [0.2, 0.25) is 0 Å². The third-order valence-corrected chi connectivity index (χ3v) is 5.17. The van der Waals surface area contributed by atoms with Crippen LogP contribution >= 0.6 is 0 Å². The molecule has 0 aliphatic carbocycles. The second-order valence-electron chi connectivity index (χ2n) is 5.59. The van der Waals surface area contributed by atoms with Crippen molar-refractivity contribution in [3.63, 3.8) is 0 Å². The summed E-state index contributed by atoms with van der Waals surface area (Å²) in [5, 5.41) is 7.32. The summed E-state index contributed by atoms with van der Waals surface area (Å²) in [6.45, 7) is 0.0528. The van der Waals surface area contributed by atoms with E-state index in [4.69, 9.17) is 15.9 Å². The lowest BCUT2D eigenvalue weighted by molar-refractivity contribution is -0.142. The van der Waals surface area contributed by atoms with E-state index in [9.17, 15) is 13.2 Å². The van der Waals surface area contributed by atoms with E-state index in [1.54, 1.807) is 24.3 Å². The number of carbonyl (C=O) groups excluding carboxylic acids is 1. The second kappa shape index (κ2) is 9.15. The van der Waals surface area contributed by atoms with E-state index in [1.807, 2.05) is 0 Å². The minimum Gasteiger partial charge on any atom is -0.482 e. The summed E-state index contributed by atoms with van der Waals surface area (Å²) in [5.41, 5.74) is 6.73. The molecule has 0 saturated carbocycles. The highest BCUT2D eigenvalue weighted by atomic mass is 32.2. The van der Waals surface area contributed by atoms with Crippen LogP contribution in [0.3, 0.4) is 0 Å². The molecule has 4 N–H and O–H groups in total. The topological polar surface area (TPSA) is 132 Å². The highest BCUT2D eigenvalue weighted by Gasteiger charge is 2.13. The van der Waals surface area contributed by atoms with Gasteiger partial charge in [-0.1, -0.05) is 12.1 Å². The summed E-state index contributed by atoms with van der Waals surface area (Å²) in [4.78, 5) is 11.1. The maximum atomic E-state index is 12.3. The predicted octanol–water partition coefficient (Wildman–Crippen LogP) is 1.04. The third kappa shape index (κ3) is 6.08. The molecule has 0 atom stereocenters. The summed E-state index contributed by atoms with van der Waals surface area (Å²) in [5.74, 6) is -0.0639. The number of nitrogens with one attached hydrogen (secondary N) is 2. The first-order valence-corrected chi connectivity index (χ1v) is 9.53. The second-order valence-corrected chi connectivity index (χ2v) is 7.36. The first kappa shape index (κ1) is 20.4. The molecule has 0 fully saturated rings. The first-order chi connectivity index (χ1) is 12.8. The Labute approximate surface area is 157 Å². The molecule has 0 heterocycles. The summed E-state index contributed by atoms with van der Waals surface area (Å²) in [7, 11) is -2.35. The quantitative estimate of drug-likeness (QED) is 0.332. The molecule has 0 radical (unpaired) electrons. The van der Waals surface area contributed by atoms with Crippen LogP contribution in [0.1, 0.15) is 11.1 Å². The van der Waals surface area contributed by atoms with Gasteiger partial charge in [-0.25, -0.2) is 17.9 Å². The van der Waals surface area contributed by atoms with Crippen LogP contribution in [0.15, 0.2) is 53.4 Å². The van der Waals surface area contributed by atoms with Crippen LogP contribution in [-0.4, -0.2) is 40.5 Å². The average molecular weight is 391 g/mol. The molecule has 0 aliphatic heterocycles. The number of rotatable bonds is 9. The lowest BCUT2D eigenvalue weighted by atomic mass is 10.1. The average Bonchev–Trinajstić information content (AvgIpc) is 2.67. The number of amidine groups is 1. The van der Waals surface area contributed by atoms with Crippen LogP contribution in [0, 0.1) is 5.41 Å². The van der Waals surface area contributed by atoms with Gasteiger partial charge in [0.25, 0.3) is 0 Å². The maximum absolute atomic E-state index is 12.3. The van der Waals surface area contributed by atoms with Crippen molar-refractivity contribution < 1.29 is 22.7 Å². The van der Waals surface area contributed by atoms with E-state index in [-0.39, 0.29) is 23.9 Å². The molecule has 27 heavy (non-hydrogen) atoms. The summed E-state index contributed by atoms with van der Waals surface area (Å²) in [6.07, 6.45) is 0.488.